The second-order valence-corrected chi connectivity index (χ2v) is 20.8. The fraction of sp³-hybridized carbons (Fsp3) is 0. The number of para-hydroxylation sites is 5. The van der Waals surface area contributed by atoms with E-state index in [1.165, 1.54) is 21.9 Å². The van der Waals surface area contributed by atoms with E-state index in [1.54, 1.807) is 0 Å². The van der Waals surface area contributed by atoms with E-state index in [0.717, 1.165) is 113 Å². The van der Waals surface area contributed by atoms with Crippen molar-refractivity contribution < 1.29 is 14.2 Å². The molecule has 12 aromatic carbocycles. The average Bonchev–Trinajstić information content (AvgIpc) is 2.66. The molecule has 4 heterocycles. The van der Waals surface area contributed by atoms with Gasteiger partial charge in [0.15, 0.2) is 0 Å². The van der Waals surface area contributed by atoms with Crippen molar-refractivity contribution in [3.63, 3.8) is 0 Å². The van der Waals surface area contributed by atoms with Crippen molar-refractivity contribution in [3.05, 3.63) is 285 Å². The Hall–Kier alpha value is -10.4. The zero-order valence-electron chi connectivity index (χ0n) is 43.4. The second kappa shape index (κ2) is 18.6. The molecular formula is C72H47B2N3O3. The predicted octanol–water partition coefficient (Wildman–Crippen LogP) is 15.1. The van der Waals surface area contributed by atoms with Crippen LogP contribution in [0.1, 0.15) is 0 Å². The third-order valence-corrected chi connectivity index (χ3v) is 16.2. The van der Waals surface area contributed by atoms with E-state index in [4.69, 9.17) is 14.2 Å². The molecule has 0 saturated heterocycles. The van der Waals surface area contributed by atoms with Crippen molar-refractivity contribution in [1.29, 1.82) is 0 Å². The highest BCUT2D eigenvalue weighted by atomic mass is 16.5. The van der Waals surface area contributed by atoms with Gasteiger partial charge in [-0.2, -0.15) is 0 Å². The first-order valence-electron chi connectivity index (χ1n) is 27.3. The van der Waals surface area contributed by atoms with E-state index >= 15 is 0 Å². The number of hydrogen-bond donors (Lipinski definition) is 0. The third-order valence-electron chi connectivity index (χ3n) is 16.2. The highest BCUT2D eigenvalue weighted by Crippen LogP contribution is 2.49. The van der Waals surface area contributed by atoms with E-state index in [9.17, 15) is 0 Å². The van der Waals surface area contributed by atoms with Crippen molar-refractivity contribution in [2.75, 3.05) is 14.7 Å². The molecule has 0 N–H and O–H groups in total. The Morgan fingerprint density at radius 3 is 1.10 bits per heavy atom. The molecule has 0 radical (unpaired) electrons. The second-order valence-electron chi connectivity index (χ2n) is 20.8. The molecule has 12 aromatic rings. The summed E-state index contributed by atoms with van der Waals surface area (Å²) in [5.41, 5.74) is 21.1. The van der Waals surface area contributed by atoms with E-state index in [-0.39, 0.29) is 13.4 Å². The SMILES string of the molecule is c1ccc(-c2ccc(Oc3cc4c5c(c3)N(c3ccccc3)c3ccccc3B5c3cc5c(cc3O4)N(c3ccccc3)c3cc(Oc4ccc(-c6ccccc6)cc4)cc4c3B5c3ccccc3N4c3ccccc3)cc2)cc1. The minimum absolute atomic E-state index is 0.153. The highest BCUT2D eigenvalue weighted by molar-refractivity contribution is 7.02. The maximum absolute atomic E-state index is 7.45. The topological polar surface area (TPSA) is 37.4 Å². The van der Waals surface area contributed by atoms with Crippen LogP contribution in [0.4, 0.5) is 51.2 Å². The highest BCUT2D eigenvalue weighted by Gasteiger charge is 2.48. The zero-order valence-corrected chi connectivity index (χ0v) is 43.4. The quantitative estimate of drug-likeness (QED) is 0.134. The lowest BCUT2D eigenvalue weighted by Crippen LogP contribution is -2.64. The summed E-state index contributed by atoms with van der Waals surface area (Å²) < 4.78 is 21.3. The normalized spacial score (nSPS) is 13.0. The van der Waals surface area contributed by atoms with Gasteiger partial charge in [0.05, 0.1) is 0 Å². The summed E-state index contributed by atoms with van der Waals surface area (Å²) in [6, 6.07) is 101. The largest absolute Gasteiger partial charge is 0.458 e. The molecule has 0 saturated carbocycles. The minimum atomic E-state index is -0.167. The standard InChI is InChI=1S/C72H47B2N3O3/c1-6-20-48(21-7-1)50-34-38-55(39-35-50)78-57-42-66-71-67(43-57)77(54-28-14-5-15-29-54)65-47-69-62(46-61(65)73(71)59-30-16-18-32-63(59)75(66)52-24-10-3-11-25-52)74-60-31-17-19-33-64(60)76(53-26-12-4-13-27-53)68-44-58(45-70(80-69)72(68)74)79-56-40-36-51(37-41-56)49-22-8-2-9-23-49/h1-47H. The Morgan fingerprint density at radius 1 is 0.250 bits per heavy atom. The fourth-order valence-corrected chi connectivity index (χ4v) is 12.7. The first kappa shape index (κ1) is 45.7. The summed E-state index contributed by atoms with van der Waals surface area (Å²) in [4.78, 5) is 7.21. The van der Waals surface area contributed by atoms with Crippen molar-refractivity contribution in [1.82, 2.24) is 0 Å². The molecule has 374 valence electrons. The molecule has 4 aliphatic heterocycles. The molecule has 0 fully saturated rings. The van der Waals surface area contributed by atoms with Crippen LogP contribution in [-0.4, -0.2) is 13.4 Å². The first-order chi connectivity index (χ1) is 39.7. The lowest BCUT2D eigenvalue weighted by atomic mass is 9.30. The number of nitrogens with zero attached hydrogens (tertiary/aromatic N) is 3. The summed E-state index contributed by atoms with van der Waals surface area (Å²) in [6.45, 7) is -0.320. The van der Waals surface area contributed by atoms with Crippen LogP contribution in [0, 0.1) is 0 Å². The molecule has 0 bridgehead atoms. The summed E-state index contributed by atoms with van der Waals surface area (Å²) in [7, 11) is 0. The van der Waals surface area contributed by atoms with Crippen LogP contribution in [0.25, 0.3) is 22.3 Å². The number of ether oxygens (including phenoxy) is 3. The van der Waals surface area contributed by atoms with Crippen LogP contribution >= 0.6 is 0 Å². The molecule has 6 nitrogen and oxygen atoms in total. The van der Waals surface area contributed by atoms with Crippen LogP contribution in [0.15, 0.2) is 285 Å². The van der Waals surface area contributed by atoms with E-state index in [0.29, 0.717) is 5.75 Å². The minimum Gasteiger partial charge on any atom is -0.458 e. The molecule has 0 unspecified atom stereocenters. The monoisotopic (exact) mass is 1020 g/mol. The number of hydrogen-bond acceptors (Lipinski definition) is 6. The summed E-state index contributed by atoms with van der Waals surface area (Å²) in [5, 5.41) is 0. The van der Waals surface area contributed by atoms with Gasteiger partial charge in [-0.3, -0.25) is 0 Å². The Labute approximate surface area is 465 Å². The van der Waals surface area contributed by atoms with Gasteiger partial charge < -0.3 is 28.9 Å². The number of fused-ring (bicyclic) bond motifs is 8. The molecule has 16 rings (SSSR count). The Bertz CT molecular complexity index is 4340. The Morgan fingerprint density at radius 2 is 0.625 bits per heavy atom. The van der Waals surface area contributed by atoms with E-state index in [2.05, 4.69) is 276 Å². The van der Waals surface area contributed by atoms with Crippen molar-refractivity contribution >= 4 is 97.4 Å². The zero-order chi connectivity index (χ0) is 52.7. The van der Waals surface area contributed by atoms with E-state index < -0.39 is 0 Å². The van der Waals surface area contributed by atoms with Crippen molar-refractivity contribution in [3.8, 4) is 56.8 Å². The van der Waals surface area contributed by atoms with Crippen LogP contribution in [0.2, 0.25) is 0 Å². The summed E-state index contributed by atoms with van der Waals surface area (Å²) in [5.74, 6) is 4.46. The van der Waals surface area contributed by atoms with Gasteiger partial charge in [0.2, 0.25) is 0 Å². The Kier molecular flexibility index (Phi) is 10.7. The van der Waals surface area contributed by atoms with Crippen LogP contribution in [0.3, 0.4) is 0 Å². The van der Waals surface area contributed by atoms with E-state index in [1.807, 2.05) is 24.3 Å². The van der Waals surface area contributed by atoms with Gasteiger partial charge in [-0.05, 0) is 128 Å². The van der Waals surface area contributed by atoms with Crippen LogP contribution in [-0.2, 0) is 0 Å². The average molecular weight is 1020 g/mol. The molecule has 0 spiro atoms. The molecular weight excluding hydrogens is 976 g/mol. The number of anilines is 9. The first-order valence-corrected chi connectivity index (χ1v) is 27.3. The number of benzene rings is 12. The van der Waals surface area contributed by atoms with Crippen molar-refractivity contribution in [2.24, 2.45) is 0 Å². The Balaban J connectivity index is 0.899. The maximum Gasteiger partial charge on any atom is 0.256 e. The van der Waals surface area contributed by atoms with Gasteiger partial charge in [-0.15, -0.1) is 0 Å². The number of rotatable bonds is 9. The van der Waals surface area contributed by atoms with Gasteiger partial charge in [0.25, 0.3) is 13.4 Å². The van der Waals surface area contributed by atoms with Gasteiger partial charge >= 0.3 is 0 Å². The molecule has 8 heteroatoms. The lowest BCUT2D eigenvalue weighted by Gasteiger charge is -2.45. The fourth-order valence-electron chi connectivity index (χ4n) is 12.7. The predicted molar refractivity (Wildman–Crippen MR) is 330 cm³/mol. The molecule has 0 atom stereocenters. The van der Waals surface area contributed by atoms with Gasteiger partial charge in [0.1, 0.15) is 34.5 Å². The third kappa shape index (κ3) is 7.52. The lowest BCUT2D eigenvalue weighted by molar-refractivity contribution is 0.463. The van der Waals surface area contributed by atoms with Crippen LogP contribution < -0.4 is 61.7 Å². The van der Waals surface area contributed by atoms with Crippen LogP contribution in [0.5, 0.6) is 34.5 Å². The van der Waals surface area contributed by atoms with Gasteiger partial charge in [0, 0.05) is 81.5 Å². The molecule has 0 amide bonds. The molecule has 0 aliphatic carbocycles. The molecule has 4 aliphatic rings. The smallest absolute Gasteiger partial charge is 0.256 e. The maximum atomic E-state index is 7.45. The molecule has 0 aromatic heterocycles. The molecule has 80 heavy (non-hydrogen) atoms. The summed E-state index contributed by atoms with van der Waals surface area (Å²) >= 11 is 0. The summed E-state index contributed by atoms with van der Waals surface area (Å²) in [6.07, 6.45) is 0. The van der Waals surface area contributed by atoms with Gasteiger partial charge in [-0.1, -0.05) is 182 Å². The van der Waals surface area contributed by atoms with Crippen molar-refractivity contribution in [2.45, 2.75) is 0 Å². The van der Waals surface area contributed by atoms with Gasteiger partial charge in [-0.25, -0.2) is 0 Å².